The summed E-state index contributed by atoms with van der Waals surface area (Å²) >= 11 is 0. The van der Waals surface area contributed by atoms with Gasteiger partial charge in [0.25, 0.3) is 0 Å². The first-order chi connectivity index (χ1) is 6.77. The Kier molecular flexibility index (Phi) is 2.77. The number of nitrogens with one attached hydrogen (secondary N) is 1. The molecule has 0 aromatic rings. The second-order valence-electron chi connectivity index (χ2n) is 4.43. The summed E-state index contributed by atoms with van der Waals surface area (Å²) in [6.45, 7) is 2.38. The number of ether oxygens (including phenoxy) is 1. The van der Waals surface area contributed by atoms with E-state index in [1.807, 2.05) is 14.0 Å². The summed E-state index contributed by atoms with van der Waals surface area (Å²) in [5.41, 5.74) is 0. The van der Waals surface area contributed by atoms with Crippen molar-refractivity contribution in [3.8, 4) is 0 Å². The molecule has 0 aromatic heterocycles. The van der Waals surface area contributed by atoms with E-state index in [1.54, 1.807) is 0 Å². The topological polar surface area (TPSA) is 38.3 Å². The number of rotatable bonds is 3. The average molecular weight is 197 g/mol. The maximum atomic E-state index is 11.7. The summed E-state index contributed by atoms with van der Waals surface area (Å²) in [4.78, 5) is 11.7. The molecule has 3 nitrogen and oxygen atoms in total. The van der Waals surface area contributed by atoms with Gasteiger partial charge < -0.3 is 10.1 Å². The minimum Gasteiger partial charge on any atom is -0.466 e. The second-order valence-corrected chi connectivity index (χ2v) is 4.43. The van der Waals surface area contributed by atoms with Gasteiger partial charge in [0.1, 0.15) is 0 Å². The van der Waals surface area contributed by atoms with Crippen LogP contribution in [-0.4, -0.2) is 25.7 Å². The molecule has 4 unspecified atom stereocenters. The van der Waals surface area contributed by atoms with Crippen LogP contribution in [0.2, 0.25) is 0 Å². The lowest BCUT2D eigenvalue weighted by molar-refractivity contribution is -0.150. The van der Waals surface area contributed by atoms with Crippen molar-refractivity contribution < 1.29 is 9.53 Å². The minimum atomic E-state index is 0.0130. The van der Waals surface area contributed by atoms with E-state index in [1.165, 1.54) is 19.3 Å². The fourth-order valence-corrected chi connectivity index (χ4v) is 3.28. The molecule has 80 valence electrons. The predicted octanol–water partition coefficient (Wildman–Crippen LogP) is 1.18. The number of carbonyl (C=O) groups is 1. The van der Waals surface area contributed by atoms with Crippen molar-refractivity contribution in [2.75, 3.05) is 13.7 Å². The largest absolute Gasteiger partial charge is 0.466 e. The van der Waals surface area contributed by atoms with E-state index >= 15 is 0 Å². The van der Waals surface area contributed by atoms with Gasteiger partial charge in [0.2, 0.25) is 0 Å². The lowest BCUT2D eigenvalue weighted by Crippen LogP contribution is -2.43. The molecule has 0 saturated heterocycles. The molecule has 14 heavy (non-hydrogen) atoms. The SMILES string of the molecule is CCOC(=O)C1C2CCC(C2)C1NC. The molecule has 0 radical (unpaired) electrons. The smallest absolute Gasteiger partial charge is 0.310 e. The zero-order valence-electron chi connectivity index (χ0n) is 8.95. The molecule has 2 bridgehead atoms. The molecule has 2 aliphatic carbocycles. The van der Waals surface area contributed by atoms with E-state index in [0.717, 1.165) is 0 Å². The van der Waals surface area contributed by atoms with E-state index in [9.17, 15) is 4.79 Å². The van der Waals surface area contributed by atoms with Crippen LogP contribution in [0.4, 0.5) is 0 Å². The van der Waals surface area contributed by atoms with Gasteiger partial charge in [-0.2, -0.15) is 0 Å². The molecule has 2 saturated carbocycles. The van der Waals surface area contributed by atoms with Gasteiger partial charge in [0.15, 0.2) is 0 Å². The van der Waals surface area contributed by atoms with Crippen molar-refractivity contribution in [1.29, 1.82) is 0 Å². The number of fused-ring (bicyclic) bond motifs is 2. The number of hydrogen-bond donors (Lipinski definition) is 1. The van der Waals surface area contributed by atoms with E-state index in [0.29, 0.717) is 24.5 Å². The van der Waals surface area contributed by atoms with Crippen molar-refractivity contribution in [3.63, 3.8) is 0 Å². The monoisotopic (exact) mass is 197 g/mol. The van der Waals surface area contributed by atoms with E-state index in [2.05, 4.69) is 5.32 Å². The molecular formula is C11H19NO2. The highest BCUT2D eigenvalue weighted by molar-refractivity contribution is 5.74. The van der Waals surface area contributed by atoms with Gasteiger partial charge in [0, 0.05) is 6.04 Å². The summed E-state index contributed by atoms with van der Waals surface area (Å²) in [7, 11) is 1.96. The molecule has 2 rings (SSSR count). The molecule has 0 aliphatic heterocycles. The number of hydrogen-bond acceptors (Lipinski definition) is 3. The Labute approximate surface area is 85.2 Å². The molecule has 4 atom stereocenters. The second kappa shape index (κ2) is 3.89. The molecule has 2 fully saturated rings. The summed E-state index contributed by atoms with van der Waals surface area (Å²) < 4.78 is 5.13. The number of carbonyl (C=O) groups excluding carboxylic acids is 1. The number of esters is 1. The zero-order chi connectivity index (χ0) is 10.1. The van der Waals surface area contributed by atoms with Crippen LogP contribution < -0.4 is 5.32 Å². The van der Waals surface area contributed by atoms with Crippen LogP contribution in [0.25, 0.3) is 0 Å². The first-order valence-corrected chi connectivity index (χ1v) is 5.61. The van der Waals surface area contributed by atoms with E-state index < -0.39 is 0 Å². The van der Waals surface area contributed by atoms with Crippen molar-refractivity contribution in [1.82, 2.24) is 5.32 Å². The first kappa shape index (κ1) is 9.97. The molecule has 2 aliphatic rings. The molecule has 0 heterocycles. The maximum Gasteiger partial charge on any atom is 0.310 e. The lowest BCUT2D eigenvalue weighted by atomic mass is 9.84. The molecule has 0 spiro atoms. The molecule has 0 amide bonds. The highest BCUT2D eigenvalue weighted by Crippen LogP contribution is 2.48. The molecule has 3 heteroatoms. The predicted molar refractivity (Wildman–Crippen MR) is 53.8 cm³/mol. The van der Waals surface area contributed by atoms with E-state index in [-0.39, 0.29) is 11.9 Å². The van der Waals surface area contributed by atoms with Crippen LogP contribution >= 0.6 is 0 Å². The van der Waals surface area contributed by atoms with Crippen LogP contribution in [0, 0.1) is 17.8 Å². The maximum absolute atomic E-state index is 11.7. The van der Waals surface area contributed by atoms with Gasteiger partial charge in [-0.25, -0.2) is 0 Å². The van der Waals surface area contributed by atoms with Gasteiger partial charge >= 0.3 is 5.97 Å². The zero-order valence-corrected chi connectivity index (χ0v) is 8.95. The average Bonchev–Trinajstić information content (AvgIpc) is 2.76. The first-order valence-electron chi connectivity index (χ1n) is 5.61. The van der Waals surface area contributed by atoms with Crippen molar-refractivity contribution >= 4 is 5.97 Å². The van der Waals surface area contributed by atoms with Crippen molar-refractivity contribution in [2.45, 2.75) is 32.2 Å². The summed E-state index contributed by atoms with van der Waals surface area (Å²) in [6.07, 6.45) is 3.72. The van der Waals surface area contributed by atoms with E-state index in [4.69, 9.17) is 4.74 Å². The minimum absolute atomic E-state index is 0.0130. The Bertz CT molecular complexity index is 229. The normalized spacial score (nSPS) is 40.1. The Morgan fingerprint density at radius 3 is 2.79 bits per heavy atom. The van der Waals surface area contributed by atoms with Gasteiger partial charge in [-0.3, -0.25) is 4.79 Å². The van der Waals surface area contributed by atoms with Crippen molar-refractivity contribution in [2.24, 2.45) is 17.8 Å². The van der Waals surface area contributed by atoms with Crippen LogP contribution in [0.3, 0.4) is 0 Å². The standard InChI is InChI=1S/C11H19NO2/c1-3-14-11(13)9-7-4-5-8(6-7)10(9)12-2/h7-10,12H,3-6H2,1-2H3. The Balaban J connectivity index is 2.06. The Hall–Kier alpha value is -0.570. The van der Waals surface area contributed by atoms with Gasteiger partial charge in [0.05, 0.1) is 12.5 Å². The van der Waals surface area contributed by atoms with Crippen LogP contribution in [0.1, 0.15) is 26.2 Å². The third-order valence-corrected chi connectivity index (χ3v) is 3.81. The van der Waals surface area contributed by atoms with Crippen LogP contribution in [0.5, 0.6) is 0 Å². The highest BCUT2D eigenvalue weighted by Gasteiger charge is 2.50. The van der Waals surface area contributed by atoms with Gasteiger partial charge in [-0.1, -0.05) is 0 Å². The van der Waals surface area contributed by atoms with Gasteiger partial charge in [-0.15, -0.1) is 0 Å². The third-order valence-electron chi connectivity index (χ3n) is 3.81. The Morgan fingerprint density at radius 1 is 1.43 bits per heavy atom. The molecule has 1 N–H and O–H groups in total. The fourth-order valence-electron chi connectivity index (χ4n) is 3.28. The van der Waals surface area contributed by atoms with Crippen LogP contribution in [-0.2, 0) is 9.53 Å². The Morgan fingerprint density at radius 2 is 2.14 bits per heavy atom. The van der Waals surface area contributed by atoms with Gasteiger partial charge in [-0.05, 0) is 45.1 Å². The summed E-state index contributed by atoms with van der Waals surface area (Å²) in [5.74, 6) is 1.42. The quantitative estimate of drug-likeness (QED) is 0.690. The highest BCUT2D eigenvalue weighted by atomic mass is 16.5. The molecular weight excluding hydrogens is 178 g/mol. The third kappa shape index (κ3) is 1.44. The summed E-state index contributed by atoms with van der Waals surface area (Å²) in [5, 5.41) is 3.28. The lowest BCUT2D eigenvalue weighted by Gasteiger charge is -2.28. The van der Waals surface area contributed by atoms with Crippen molar-refractivity contribution in [3.05, 3.63) is 0 Å². The van der Waals surface area contributed by atoms with Crippen LogP contribution in [0.15, 0.2) is 0 Å². The summed E-state index contributed by atoms with van der Waals surface area (Å²) in [6, 6.07) is 0.368. The molecule has 0 aromatic carbocycles. The fraction of sp³-hybridized carbons (Fsp3) is 0.909.